The van der Waals surface area contributed by atoms with Crippen molar-refractivity contribution in [3.63, 3.8) is 0 Å². The average Bonchev–Trinajstić information content (AvgIpc) is 2.86. The van der Waals surface area contributed by atoms with Crippen LogP contribution in [0.2, 0.25) is 0 Å². The average molecular weight is 302 g/mol. The van der Waals surface area contributed by atoms with Gasteiger partial charge in [0.05, 0.1) is 6.10 Å². The Bertz CT molecular complexity index is 598. The van der Waals surface area contributed by atoms with Gasteiger partial charge in [0.2, 0.25) is 10.0 Å². The van der Waals surface area contributed by atoms with Gasteiger partial charge in [-0.2, -0.15) is 0 Å². The highest BCUT2D eigenvalue weighted by Gasteiger charge is 2.28. The number of nitrogens with one attached hydrogen (secondary N) is 1. The van der Waals surface area contributed by atoms with Gasteiger partial charge in [0.1, 0.15) is 10.7 Å². The fourth-order valence-corrected chi connectivity index (χ4v) is 3.62. The number of ether oxygens (including phenoxy) is 1. The maximum atomic E-state index is 13.8. The molecule has 1 saturated heterocycles. The highest BCUT2D eigenvalue weighted by Crippen LogP contribution is 2.23. The summed E-state index contributed by atoms with van der Waals surface area (Å²) in [6.07, 6.45) is 1.53. The molecule has 112 valence electrons. The normalized spacial score (nSPS) is 21.1. The smallest absolute Gasteiger partial charge is 0.243 e. The van der Waals surface area contributed by atoms with Gasteiger partial charge >= 0.3 is 0 Å². The first-order valence-electron chi connectivity index (χ1n) is 6.51. The summed E-state index contributed by atoms with van der Waals surface area (Å²) in [5, 5.41) is 0. The van der Waals surface area contributed by atoms with Crippen LogP contribution in [0.3, 0.4) is 0 Å². The molecule has 0 spiro atoms. The van der Waals surface area contributed by atoms with Crippen LogP contribution in [0, 0.1) is 12.7 Å². The number of halogens is 1. The third-order valence-electron chi connectivity index (χ3n) is 3.47. The van der Waals surface area contributed by atoms with Gasteiger partial charge in [-0.3, -0.25) is 0 Å². The molecule has 0 aliphatic carbocycles. The second-order valence-electron chi connectivity index (χ2n) is 5.10. The minimum Gasteiger partial charge on any atom is -0.398 e. The van der Waals surface area contributed by atoms with Crippen molar-refractivity contribution in [1.82, 2.24) is 4.72 Å². The van der Waals surface area contributed by atoms with E-state index in [1.807, 2.05) is 0 Å². The van der Waals surface area contributed by atoms with Gasteiger partial charge in [-0.25, -0.2) is 17.5 Å². The third kappa shape index (κ3) is 3.11. The van der Waals surface area contributed by atoms with E-state index in [2.05, 4.69) is 4.72 Å². The van der Waals surface area contributed by atoms with Crippen molar-refractivity contribution in [2.75, 3.05) is 12.3 Å². The van der Waals surface area contributed by atoms with E-state index in [0.29, 0.717) is 12.2 Å². The van der Waals surface area contributed by atoms with Gasteiger partial charge in [0.25, 0.3) is 0 Å². The summed E-state index contributed by atoms with van der Waals surface area (Å²) < 4.78 is 46.2. The van der Waals surface area contributed by atoms with E-state index in [4.69, 9.17) is 10.5 Å². The molecule has 3 N–H and O–H groups in total. The number of hydrogen-bond donors (Lipinski definition) is 2. The number of nitrogens with two attached hydrogens (primary N) is 1. The Morgan fingerprint density at radius 3 is 2.80 bits per heavy atom. The van der Waals surface area contributed by atoms with E-state index in [0.717, 1.165) is 25.0 Å². The van der Waals surface area contributed by atoms with Crippen LogP contribution >= 0.6 is 0 Å². The fourth-order valence-electron chi connectivity index (χ4n) is 2.26. The molecule has 1 aromatic rings. The number of aryl methyl sites for hydroxylation is 1. The number of benzene rings is 1. The fraction of sp³-hybridized carbons (Fsp3) is 0.538. The standard InChI is InChI=1S/C13H19FN2O3S/c1-8-6-10(14)13(7-11(8)15)20(17,18)16-9(2)12-4-3-5-19-12/h6-7,9,12,16H,3-5,15H2,1-2H3. The number of rotatable bonds is 4. The van der Waals surface area contributed by atoms with Gasteiger partial charge in [0.15, 0.2) is 0 Å². The molecular formula is C13H19FN2O3S. The van der Waals surface area contributed by atoms with Crippen molar-refractivity contribution in [2.24, 2.45) is 0 Å². The zero-order valence-electron chi connectivity index (χ0n) is 11.5. The zero-order chi connectivity index (χ0) is 14.9. The summed E-state index contributed by atoms with van der Waals surface area (Å²) >= 11 is 0. The van der Waals surface area contributed by atoms with Gasteiger partial charge in [-0.15, -0.1) is 0 Å². The molecule has 20 heavy (non-hydrogen) atoms. The Kier molecular flexibility index (Phi) is 4.31. The Morgan fingerprint density at radius 2 is 2.20 bits per heavy atom. The second-order valence-corrected chi connectivity index (χ2v) is 6.78. The summed E-state index contributed by atoms with van der Waals surface area (Å²) in [6, 6.07) is 1.86. The molecule has 7 heteroatoms. The number of anilines is 1. The SMILES string of the molecule is Cc1cc(F)c(S(=O)(=O)NC(C)C2CCCO2)cc1N. The molecule has 0 amide bonds. The lowest BCUT2D eigenvalue weighted by molar-refractivity contribution is 0.0902. The molecule has 0 bridgehead atoms. The van der Waals surface area contributed by atoms with Crippen molar-refractivity contribution in [2.45, 2.75) is 43.7 Å². The third-order valence-corrected chi connectivity index (χ3v) is 5.05. The molecular weight excluding hydrogens is 283 g/mol. The van der Waals surface area contributed by atoms with Crippen LogP contribution in [-0.4, -0.2) is 27.2 Å². The summed E-state index contributed by atoms with van der Waals surface area (Å²) in [7, 11) is -3.95. The van der Waals surface area contributed by atoms with E-state index in [-0.39, 0.29) is 11.8 Å². The van der Waals surface area contributed by atoms with Crippen LogP contribution in [0.25, 0.3) is 0 Å². The lowest BCUT2D eigenvalue weighted by atomic mass is 10.1. The monoisotopic (exact) mass is 302 g/mol. The van der Waals surface area contributed by atoms with E-state index in [1.54, 1.807) is 13.8 Å². The van der Waals surface area contributed by atoms with Crippen LogP contribution in [-0.2, 0) is 14.8 Å². The lowest BCUT2D eigenvalue weighted by Crippen LogP contribution is -2.41. The topological polar surface area (TPSA) is 81.4 Å². The highest BCUT2D eigenvalue weighted by molar-refractivity contribution is 7.89. The lowest BCUT2D eigenvalue weighted by Gasteiger charge is -2.20. The maximum absolute atomic E-state index is 13.8. The maximum Gasteiger partial charge on any atom is 0.243 e. The minimum atomic E-state index is -3.95. The molecule has 2 atom stereocenters. The molecule has 0 aromatic heterocycles. The van der Waals surface area contributed by atoms with Gasteiger partial charge < -0.3 is 10.5 Å². The summed E-state index contributed by atoms with van der Waals surface area (Å²) in [5.74, 6) is -0.802. The Labute approximate surface area is 118 Å². The van der Waals surface area contributed by atoms with Crippen LogP contribution in [0.15, 0.2) is 17.0 Å². The Balaban J connectivity index is 2.24. The Hall–Kier alpha value is -1.18. The van der Waals surface area contributed by atoms with Crippen LogP contribution < -0.4 is 10.5 Å². The summed E-state index contributed by atoms with van der Waals surface area (Å²) in [6.45, 7) is 3.96. The number of nitrogen functional groups attached to an aromatic ring is 1. The zero-order valence-corrected chi connectivity index (χ0v) is 12.3. The van der Waals surface area contributed by atoms with E-state index in [9.17, 15) is 12.8 Å². The van der Waals surface area contributed by atoms with Gasteiger partial charge in [-0.05, 0) is 44.4 Å². The van der Waals surface area contributed by atoms with E-state index >= 15 is 0 Å². The van der Waals surface area contributed by atoms with Crippen LogP contribution in [0.5, 0.6) is 0 Å². The van der Waals surface area contributed by atoms with Crippen molar-refractivity contribution < 1.29 is 17.5 Å². The molecule has 0 saturated carbocycles. The number of sulfonamides is 1. The largest absolute Gasteiger partial charge is 0.398 e. The van der Waals surface area contributed by atoms with Crippen LogP contribution in [0.1, 0.15) is 25.3 Å². The molecule has 1 aromatic carbocycles. The van der Waals surface area contributed by atoms with Crippen molar-refractivity contribution in [3.8, 4) is 0 Å². The molecule has 1 fully saturated rings. The first kappa shape index (κ1) is 15.2. The van der Waals surface area contributed by atoms with Crippen molar-refractivity contribution >= 4 is 15.7 Å². The molecule has 1 heterocycles. The molecule has 5 nitrogen and oxygen atoms in total. The molecule has 1 aliphatic rings. The summed E-state index contributed by atoms with van der Waals surface area (Å²) in [5.41, 5.74) is 6.41. The predicted octanol–water partition coefficient (Wildman–Crippen LogP) is 1.56. The van der Waals surface area contributed by atoms with Crippen LogP contribution in [0.4, 0.5) is 10.1 Å². The van der Waals surface area contributed by atoms with E-state index < -0.39 is 26.8 Å². The van der Waals surface area contributed by atoms with Gasteiger partial charge in [-0.1, -0.05) is 0 Å². The summed E-state index contributed by atoms with van der Waals surface area (Å²) in [4.78, 5) is -0.426. The second kappa shape index (κ2) is 5.67. The first-order valence-corrected chi connectivity index (χ1v) is 7.99. The first-order chi connectivity index (χ1) is 9.31. The van der Waals surface area contributed by atoms with Crippen molar-refractivity contribution in [3.05, 3.63) is 23.5 Å². The molecule has 1 aliphatic heterocycles. The van der Waals surface area contributed by atoms with Gasteiger partial charge in [0, 0.05) is 18.3 Å². The minimum absolute atomic E-state index is 0.171. The molecule has 0 radical (unpaired) electrons. The van der Waals surface area contributed by atoms with Crippen molar-refractivity contribution in [1.29, 1.82) is 0 Å². The number of hydrogen-bond acceptors (Lipinski definition) is 4. The van der Waals surface area contributed by atoms with E-state index in [1.165, 1.54) is 0 Å². The molecule has 2 rings (SSSR count). The Morgan fingerprint density at radius 1 is 1.50 bits per heavy atom. The quantitative estimate of drug-likeness (QED) is 0.827. The molecule has 2 unspecified atom stereocenters. The highest BCUT2D eigenvalue weighted by atomic mass is 32.2. The predicted molar refractivity (Wildman–Crippen MR) is 74.3 cm³/mol.